The maximum absolute atomic E-state index is 4.53. The lowest BCUT2D eigenvalue weighted by Crippen LogP contribution is -2.23. The summed E-state index contributed by atoms with van der Waals surface area (Å²) in [6.07, 6.45) is 19.0. The molecule has 0 aliphatic heterocycles. The summed E-state index contributed by atoms with van der Waals surface area (Å²) < 4.78 is 0. The van der Waals surface area contributed by atoms with Gasteiger partial charge in [0.25, 0.3) is 0 Å². The number of hydrogen-bond donors (Lipinski definition) is 4. The van der Waals surface area contributed by atoms with Crippen LogP contribution in [-0.2, 0) is 6.54 Å². The van der Waals surface area contributed by atoms with Crippen LogP contribution in [0.4, 0.5) is 0 Å². The molecule has 0 spiro atoms. The van der Waals surface area contributed by atoms with Crippen LogP contribution in [0.25, 0.3) is 17.0 Å². The van der Waals surface area contributed by atoms with E-state index in [9.17, 15) is 0 Å². The third kappa shape index (κ3) is 9.22. The van der Waals surface area contributed by atoms with Crippen LogP contribution < -0.4 is 16.0 Å². The van der Waals surface area contributed by atoms with Gasteiger partial charge in [-0.3, -0.25) is 4.99 Å². The number of nitrogens with one attached hydrogen (secondary N) is 4. The number of aromatic amines is 1. The first-order valence-electron chi connectivity index (χ1n) is 14.3. The normalized spacial score (nSPS) is 16.3. The Hall–Kier alpha value is -4.10. The molecule has 0 atom stereocenters. The summed E-state index contributed by atoms with van der Waals surface area (Å²) in [5.74, 6) is 7.53. The highest BCUT2D eigenvalue weighted by Crippen LogP contribution is 2.44. The molecule has 2 saturated carbocycles. The van der Waals surface area contributed by atoms with E-state index in [-0.39, 0.29) is 0 Å². The van der Waals surface area contributed by atoms with Crippen LogP contribution in [0.3, 0.4) is 0 Å². The molecule has 3 aromatic rings. The van der Waals surface area contributed by atoms with Gasteiger partial charge in [-0.05, 0) is 71.9 Å². The van der Waals surface area contributed by atoms with Gasteiger partial charge >= 0.3 is 0 Å². The molecule has 6 heteroatoms. The van der Waals surface area contributed by atoms with E-state index in [1.54, 1.807) is 0 Å². The Balaban J connectivity index is 0.00000189. The number of benzene rings is 2. The molecule has 41 heavy (non-hydrogen) atoms. The summed E-state index contributed by atoms with van der Waals surface area (Å²) in [7, 11) is 1.92. The van der Waals surface area contributed by atoms with Gasteiger partial charge in [-0.15, -0.1) is 12.8 Å². The third-order valence-corrected chi connectivity index (χ3v) is 7.79. The summed E-state index contributed by atoms with van der Waals surface area (Å²) in [5, 5.41) is 10.2. The Morgan fingerprint density at radius 1 is 0.927 bits per heavy atom. The lowest BCUT2D eigenvalue weighted by atomic mass is 10.1. The van der Waals surface area contributed by atoms with Gasteiger partial charge in [0.1, 0.15) is 5.82 Å². The highest BCUT2D eigenvalue weighted by atomic mass is 15.0. The van der Waals surface area contributed by atoms with Crippen molar-refractivity contribution in [1.82, 2.24) is 25.9 Å². The Morgan fingerprint density at radius 2 is 1.51 bits per heavy atom. The first kappa shape index (κ1) is 29.9. The van der Waals surface area contributed by atoms with Crippen molar-refractivity contribution in [1.29, 1.82) is 0 Å². The minimum absolute atomic E-state index is 0.501. The van der Waals surface area contributed by atoms with Gasteiger partial charge in [-0.2, -0.15) is 0 Å². The zero-order chi connectivity index (χ0) is 29.1. The molecule has 0 unspecified atom stereocenters. The summed E-state index contributed by atoms with van der Waals surface area (Å²) in [6.45, 7) is 8.34. The second-order valence-electron chi connectivity index (χ2n) is 11.6. The molecule has 0 radical (unpaired) electrons. The predicted molar refractivity (Wildman–Crippen MR) is 171 cm³/mol. The Kier molecular flexibility index (Phi) is 10.2. The minimum atomic E-state index is 0.501. The van der Waals surface area contributed by atoms with E-state index in [2.05, 4.69) is 106 Å². The fourth-order valence-corrected chi connectivity index (χ4v) is 4.37. The van der Waals surface area contributed by atoms with Crippen molar-refractivity contribution in [3.05, 3.63) is 83.4 Å². The van der Waals surface area contributed by atoms with Gasteiger partial charge < -0.3 is 20.9 Å². The molecule has 2 aliphatic carbocycles. The fraction of sp³-hybridized carbons (Fsp3) is 0.371. The van der Waals surface area contributed by atoms with Crippen LogP contribution >= 0.6 is 0 Å². The van der Waals surface area contributed by atoms with Gasteiger partial charge in [0.15, 0.2) is 0 Å². The Morgan fingerprint density at radius 3 is 2.10 bits per heavy atom. The van der Waals surface area contributed by atoms with Gasteiger partial charge in [-0.1, -0.05) is 50.0 Å². The quantitative estimate of drug-likeness (QED) is 0.136. The van der Waals surface area contributed by atoms with Crippen LogP contribution in [0.2, 0.25) is 0 Å². The second kappa shape index (κ2) is 14.0. The molecule has 5 rings (SSSR count). The largest absolute Gasteiger partial charge is 0.386 e. The fourth-order valence-electron chi connectivity index (χ4n) is 4.37. The zero-order valence-electron chi connectivity index (χ0n) is 24.6. The highest BCUT2D eigenvalue weighted by molar-refractivity contribution is 5.68. The molecule has 0 amide bonds. The van der Waals surface area contributed by atoms with E-state index < -0.39 is 0 Å². The molecule has 4 N–H and O–H groups in total. The van der Waals surface area contributed by atoms with Crippen LogP contribution in [0.15, 0.2) is 65.9 Å². The van der Waals surface area contributed by atoms with Crippen LogP contribution in [0, 0.1) is 35.5 Å². The van der Waals surface area contributed by atoms with Crippen LogP contribution in [0.5, 0.6) is 0 Å². The molecular formula is C35H42N6. The molecule has 212 valence electrons. The summed E-state index contributed by atoms with van der Waals surface area (Å²) in [4.78, 5) is 12.4. The smallest absolute Gasteiger partial charge is 0.120 e. The third-order valence-electron chi connectivity index (χ3n) is 7.79. The second-order valence-corrected chi connectivity index (χ2v) is 11.6. The highest BCUT2D eigenvalue weighted by Gasteiger charge is 2.36. The number of nitrogens with zero attached hydrogens (tertiary/aromatic N) is 2. The van der Waals surface area contributed by atoms with Crippen molar-refractivity contribution in [2.75, 3.05) is 26.7 Å². The summed E-state index contributed by atoms with van der Waals surface area (Å²) >= 11 is 0. The average Bonchev–Trinajstić information content (AvgIpc) is 3.88. The maximum Gasteiger partial charge on any atom is 0.120 e. The zero-order valence-corrected chi connectivity index (χ0v) is 24.6. The van der Waals surface area contributed by atoms with Crippen molar-refractivity contribution in [2.24, 2.45) is 15.8 Å². The van der Waals surface area contributed by atoms with Gasteiger partial charge in [0, 0.05) is 44.0 Å². The van der Waals surface area contributed by atoms with Crippen molar-refractivity contribution >= 4 is 11.9 Å². The average molecular weight is 547 g/mol. The molecule has 0 saturated heterocycles. The van der Waals surface area contributed by atoms with Gasteiger partial charge in [0.05, 0.1) is 30.3 Å². The number of H-pyrrole nitrogens is 1. The van der Waals surface area contributed by atoms with Crippen molar-refractivity contribution < 1.29 is 0 Å². The molecule has 1 aromatic heterocycles. The monoisotopic (exact) mass is 546 g/mol. The van der Waals surface area contributed by atoms with Crippen LogP contribution in [0.1, 0.15) is 62.0 Å². The Bertz CT molecular complexity index is 1410. The number of aromatic nitrogens is 2. The minimum Gasteiger partial charge on any atom is -0.386 e. The molecule has 2 fully saturated rings. The molecular weight excluding hydrogens is 504 g/mol. The lowest BCUT2D eigenvalue weighted by Gasteiger charge is -2.08. The first-order valence-corrected chi connectivity index (χ1v) is 14.3. The molecule has 2 aliphatic rings. The van der Waals surface area contributed by atoms with Gasteiger partial charge in [0.2, 0.25) is 0 Å². The topological polar surface area (TPSA) is 77.1 Å². The molecule has 2 aromatic carbocycles. The van der Waals surface area contributed by atoms with E-state index in [0.717, 1.165) is 65.6 Å². The van der Waals surface area contributed by atoms with Crippen molar-refractivity contribution in [3.8, 4) is 35.9 Å². The van der Waals surface area contributed by atoms with E-state index in [1.165, 1.54) is 25.7 Å². The van der Waals surface area contributed by atoms with E-state index in [0.29, 0.717) is 10.8 Å². The van der Waals surface area contributed by atoms with E-state index >= 15 is 0 Å². The SMILES string of the molecule is C#C.CN/C(=C\N=CCNCC1(C)CC1)c1ccc(C#Cc2ccc(-c3cnc(CNCC4(C)CC4)[nH]3)cc2)cc1. The van der Waals surface area contributed by atoms with Crippen LogP contribution in [-0.4, -0.2) is 42.9 Å². The summed E-state index contributed by atoms with van der Waals surface area (Å²) in [5.41, 5.74) is 7.18. The molecule has 1 heterocycles. The number of aliphatic imine (C=N–C) groups is 1. The van der Waals surface area contributed by atoms with Gasteiger partial charge in [-0.25, -0.2) is 4.98 Å². The first-order chi connectivity index (χ1) is 19.9. The van der Waals surface area contributed by atoms with E-state index in [4.69, 9.17) is 0 Å². The van der Waals surface area contributed by atoms with E-state index in [1.807, 2.05) is 37.8 Å². The number of terminal acetylenes is 1. The number of rotatable bonds is 12. The predicted octanol–water partition coefficient (Wildman–Crippen LogP) is 5.59. The Labute approximate surface area is 245 Å². The van der Waals surface area contributed by atoms with Crippen molar-refractivity contribution in [2.45, 2.75) is 46.1 Å². The molecule has 6 nitrogen and oxygen atoms in total. The lowest BCUT2D eigenvalue weighted by molar-refractivity contribution is 0.494. The number of hydrogen-bond acceptors (Lipinski definition) is 5. The van der Waals surface area contributed by atoms with Crippen molar-refractivity contribution in [3.63, 3.8) is 0 Å². The summed E-state index contributed by atoms with van der Waals surface area (Å²) in [6, 6.07) is 16.6. The number of imidazole rings is 1. The standard InChI is InChI=1S/C33H40N6.C2H2/c1-32(14-15-32)23-36-19-18-35-20-29(34-3)27-10-6-25(7-11-27)4-5-26-8-12-28(13-9-26)30-21-38-31(39-30)22-37-24-33(2)16-17-33;1-2/h6-13,18,20-21,34,36-37H,14-17,19,22-24H2,1-3H3,(H,38,39);1-2H/b29-20-,35-18?;. The maximum atomic E-state index is 4.53. The molecule has 0 bridgehead atoms.